The van der Waals surface area contributed by atoms with Crippen molar-refractivity contribution >= 4 is 34.4 Å². The van der Waals surface area contributed by atoms with Gasteiger partial charge in [0.25, 0.3) is 5.78 Å². The van der Waals surface area contributed by atoms with Crippen molar-refractivity contribution in [3.8, 4) is 17.2 Å². The van der Waals surface area contributed by atoms with Gasteiger partial charge in [-0.25, -0.2) is 4.98 Å². The number of imidazole rings is 1. The Hall–Kier alpha value is -4.79. The van der Waals surface area contributed by atoms with Gasteiger partial charge in [0.15, 0.2) is 11.5 Å². The normalized spacial score (nSPS) is 16.6. The summed E-state index contributed by atoms with van der Waals surface area (Å²) in [6.07, 6.45) is -0.0260. The number of benzene rings is 3. The van der Waals surface area contributed by atoms with Crippen LogP contribution in [0.1, 0.15) is 43.5 Å². The van der Waals surface area contributed by atoms with Crippen LogP contribution in [-0.2, 0) is 9.59 Å². The van der Waals surface area contributed by atoms with Gasteiger partial charge in [0.2, 0.25) is 5.95 Å². The van der Waals surface area contributed by atoms with Crippen LogP contribution in [0.5, 0.6) is 17.2 Å². The number of Topliss-reactive ketones (excluding diaryl/α,β-unsaturated/α-hetero) is 1. The largest absolute Gasteiger partial charge is 0.507 e. The summed E-state index contributed by atoms with van der Waals surface area (Å²) in [5.74, 6) is -0.116. The lowest BCUT2D eigenvalue weighted by atomic mass is 9.94. The van der Waals surface area contributed by atoms with Crippen molar-refractivity contribution in [2.75, 3.05) is 18.6 Å². The summed E-state index contributed by atoms with van der Waals surface area (Å²) in [4.78, 5) is 36.2. The van der Waals surface area contributed by atoms with Crippen LogP contribution < -0.4 is 19.1 Å². The summed E-state index contributed by atoms with van der Waals surface area (Å²) in [6, 6.07) is 16.7. The van der Waals surface area contributed by atoms with E-state index in [1.165, 1.54) is 12.0 Å². The van der Waals surface area contributed by atoms with Crippen LogP contribution in [0.25, 0.3) is 16.8 Å². The Bertz CT molecular complexity index is 1600. The maximum atomic E-state index is 13.6. The van der Waals surface area contributed by atoms with Crippen LogP contribution in [0.3, 0.4) is 0 Å². The molecule has 40 heavy (non-hydrogen) atoms. The number of methoxy groups -OCH3 is 1. The van der Waals surface area contributed by atoms with Crippen LogP contribution in [0.2, 0.25) is 0 Å². The number of hydrogen-bond donors (Lipinski definition) is 2. The zero-order chi connectivity index (χ0) is 28.6. The lowest BCUT2D eigenvalue weighted by molar-refractivity contribution is -0.132. The molecule has 0 saturated carbocycles. The third-order valence-corrected chi connectivity index (χ3v) is 6.66. The molecule has 206 valence electrons. The van der Waals surface area contributed by atoms with Crippen LogP contribution in [0.4, 0.5) is 5.95 Å². The molecule has 2 N–H and O–H groups in total. The average Bonchev–Trinajstić information content (AvgIpc) is 3.47. The zero-order valence-corrected chi connectivity index (χ0v) is 23.0. The van der Waals surface area contributed by atoms with Crippen LogP contribution in [0, 0.1) is 6.92 Å². The number of H-pyrrole nitrogens is 1. The van der Waals surface area contributed by atoms with E-state index in [0.717, 1.165) is 5.56 Å². The number of fused-ring (bicyclic) bond motifs is 1. The van der Waals surface area contributed by atoms with Crippen molar-refractivity contribution in [2.24, 2.45) is 0 Å². The van der Waals surface area contributed by atoms with Gasteiger partial charge in [-0.05, 0) is 81.3 Å². The number of carbonyl (C=O) groups excluding carboxylic acids is 2. The van der Waals surface area contributed by atoms with Crippen LogP contribution >= 0.6 is 0 Å². The Balaban J connectivity index is 1.71. The van der Waals surface area contributed by atoms with Crippen molar-refractivity contribution in [2.45, 2.75) is 39.8 Å². The summed E-state index contributed by atoms with van der Waals surface area (Å²) in [5.41, 5.74) is 3.00. The lowest BCUT2D eigenvalue weighted by Gasteiger charge is -2.24. The molecule has 1 aliphatic heterocycles. The molecule has 0 aliphatic carbocycles. The number of aromatic amines is 1. The molecular weight excluding hydrogens is 510 g/mol. The van der Waals surface area contributed by atoms with Gasteiger partial charge in [-0.15, -0.1) is 0 Å². The highest BCUT2D eigenvalue weighted by Gasteiger charge is 2.48. The molecule has 1 fully saturated rings. The number of nitrogens with zero attached hydrogens (tertiary/aromatic N) is 2. The number of hydrogen-bond acceptors (Lipinski definition) is 7. The number of ketones is 1. The first-order valence-corrected chi connectivity index (χ1v) is 13.1. The van der Waals surface area contributed by atoms with Crippen molar-refractivity contribution in [1.82, 2.24) is 9.97 Å². The quantitative estimate of drug-likeness (QED) is 0.167. The fourth-order valence-corrected chi connectivity index (χ4v) is 4.89. The number of aliphatic hydroxyl groups is 1. The molecule has 1 unspecified atom stereocenters. The second-order valence-electron chi connectivity index (χ2n) is 9.74. The Kier molecular flexibility index (Phi) is 7.21. The van der Waals surface area contributed by atoms with Gasteiger partial charge < -0.3 is 24.3 Å². The van der Waals surface area contributed by atoms with E-state index in [2.05, 4.69) is 9.97 Å². The van der Waals surface area contributed by atoms with Gasteiger partial charge in [0.05, 0.1) is 42.5 Å². The molecule has 9 nitrogen and oxygen atoms in total. The SMILES string of the molecule is CCOc1cc(C2/C(=C(\O)c3ccc(OC(C)C)c(C)c3)C(=O)C(=O)N2c2nc3ccccc3[nH]2)ccc1OC. The molecule has 0 radical (unpaired) electrons. The van der Waals surface area contributed by atoms with E-state index >= 15 is 0 Å². The smallest absolute Gasteiger partial charge is 0.302 e. The van der Waals surface area contributed by atoms with E-state index in [1.54, 1.807) is 36.4 Å². The number of rotatable bonds is 8. The van der Waals surface area contributed by atoms with Gasteiger partial charge in [-0.1, -0.05) is 18.2 Å². The average molecular weight is 542 g/mol. The minimum atomic E-state index is -0.988. The monoisotopic (exact) mass is 541 g/mol. The molecule has 5 rings (SSSR count). The number of anilines is 1. The summed E-state index contributed by atoms with van der Waals surface area (Å²) >= 11 is 0. The minimum absolute atomic E-state index is 0.0260. The number of nitrogens with one attached hydrogen (secondary N) is 1. The fraction of sp³-hybridized carbons (Fsp3) is 0.258. The topological polar surface area (TPSA) is 114 Å². The third-order valence-electron chi connectivity index (χ3n) is 6.66. The Labute approximate surface area is 232 Å². The molecule has 2 heterocycles. The molecular formula is C31H31N3O6. The van der Waals surface area contributed by atoms with Gasteiger partial charge in [-0.2, -0.15) is 0 Å². The number of aliphatic hydroxyl groups excluding tert-OH is 1. The fourth-order valence-electron chi connectivity index (χ4n) is 4.89. The lowest BCUT2D eigenvalue weighted by Crippen LogP contribution is -2.30. The highest BCUT2D eigenvalue weighted by atomic mass is 16.5. The predicted octanol–water partition coefficient (Wildman–Crippen LogP) is 5.69. The predicted molar refractivity (Wildman–Crippen MR) is 152 cm³/mol. The molecule has 1 atom stereocenters. The molecule has 1 saturated heterocycles. The van der Waals surface area contributed by atoms with Gasteiger partial charge in [0.1, 0.15) is 11.5 Å². The molecule has 1 aromatic heterocycles. The Morgan fingerprint density at radius 1 is 1.05 bits per heavy atom. The van der Waals surface area contributed by atoms with Gasteiger partial charge >= 0.3 is 5.91 Å². The minimum Gasteiger partial charge on any atom is -0.507 e. The van der Waals surface area contributed by atoms with E-state index in [0.29, 0.717) is 46.0 Å². The second kappa shape index (κ2) is 10.8. The third kappa shape index (κ3) is 4.75. The summed E-state index contributed by atoms with van der Waals surface area (Å²) < 4.78 is 17.1. The molecule has 3 aromatic carbocycles. The van der Waals surface area contributed by atoms with Crippen molar-refractivity contribution in [1.29, 1.82) is 0 Å². The first-order chi connectivity index (χ1) is 19.2. The maximum Gasteiger partial charge on any atom is 0.302 e. The van der Waals surface area contributed by atoms with Gasteiger partial charge in [-0.3, -0.25) is 14.5 Å². The Morgan fingerprint density at radius 2 is 1.80 bits per heavy atom. The molecule has 0 spiro atoms. The molecule has 0 bridgehead atoms. The summed E-state index contributed by atoms with van der Waals surface area (Å²) in [6.45, 7) is 7.95. The van der Waals surface area contributed by atoms with E-state index in [1.807, 2.05) is 52.0 Å². The highest BCUT2D eigenvalue weighted by Crippen LogP contribution is 2.44. The number of carbonyl (C=O) groups is 2. The van der Waals surface area contributed by atoms with E-state index in [-0.39, 0.29) is 23.4 Å². The summed E-state index contributed by atoms with van der Waals surface area (Å²) in [5, 5.41) is 11.6. The first kappa shape index (κ1) is 26.8. The van der Waals surface area contributed by atoms with Crippen molar-refractivity contribution in [3.63, 3.8) is 0 Å². The van der Waals surface area contributed by atoms with E-state index in [4.69, 9.17) is 14.2 Å². The number of ether oxygens (including phenoxy) is 3. The maximum absolute atomic E-state index is 13.6. The van der Waals surface area contributed by atoms with E-state index in [9.17, 15) is 14.7 Å². The highest BCUT2D eigenvalue weighted by molar-refractivity contribution is 6.51. The Morgan fingerprint density at radius 3 is 2.48 bits per heavy atom. The van der Waals surface area contributed by atoms with Crippen molar-refractivity contribution in [3.05, 3.63) is 82.9 Å². The molecule has 4 aromatic rings. The van der Waals surface area contributed by atoms with Crippen LogP contribution in [-0.4, -0.2) is 46.6 Å². The first-order valence-electron chi connectivity index (χ1n) is 13.1. The zero-order valence-electron chi connectivity index (χ0n) is 23.0. The summed E-state index contributed by atoms with van der Waals surface area (Å²) in [7, 11) is 1.53. The van der Waals surface area contributed by atoms with Crippen molar-refractivity contribution < 1.29 is 28.9 Å². The standard InChI is InChI=1S/C31H31N3O6/c1-6-39-25-16-19(11-14-24(25)38-5)27-26(28(35)20-12-13-23(18(4)15-20)40-17(2)3)29(36)30(37)34(27)31-32-21-9-7-8-10-22(21)33-31/h7-17,27,35H,6H2,1-5H3,(H,32,33)/b28-26+. The van der Waals surface area contributed by atoms with Gasteiger partial charge in [0, 0.05) is 5.56 Å². The molecule has 1 aliphatic rings. The number of amides is 1. The molecule has 1 amide bonds. The van der Waals surface area contributed by atoms with E-state index < -0.39 is 17.7 Å². The number of aryl methyl sites for hydroxylation is 1. The number of para-hydroxylation sites is 2. The molecule has 9 heteroatoms. The second-order valence-corrected chi connectivity index (χ2v) is 9.74. The van der Waals surface area contributed by atoms with Crippen LogP contribution in [0.15, 0.2) is 66.2 Å². The number of aromatic nitrogens is 2.